The van der Waals surface area contributed by atoms with Crippen molar-refractivity contribution in [3.63, 3.8) is 0 Å². The molecule has 1 heterocycles. The van der Waals surface area contributed by atoms with Crippen molar-refractivity contribution >= 4 is 29.8 Å². The summed E-state index contributed by atoms with van der Waals surface area (Å²) in [6.45, 7) is 10.1. The fourth-order valence-corrected chi connectivity index (χ4v) is 5.84. The van der Waals surface area contributed by atoms with Gasteiger partial charge in [-0.15, -0.1) is 4.73 Å². The van der Waals surface area contributed by atoms with Gasteiger partial charge in [0.05, 0.1) is 17.5 Å². The molecular formula is C41H62N2O12. The summed E-state index contributed by atoms with van der Waals surface area (Å²) in [4.78, 5) is 70.3. The second-order valence-corrected chi connectivity index (χ2v) is 15.7. The highest BCUT2D eigenvalue weighted by molar-refractivity contribution is 5.96. The number of carboxylic acid groups (broad SMARTS) is 1. The summed E-state index contributed by atoms with van der Waals surface area (Å²) in [6, 6.07) is 6.61. The molecule has 1 aromatic carbocycles. The lowest BCUT2D eigenvalue weighted by molar-refractivity contribution is -0.151. The van der Waals surface area contributed by atoms with Crippen LogP contribution in [0.3, 0.4) is 0 Å². The number of unbranched alkanes of at least 4 members (excludes halogenated alkanes) is 11. The molecule has 0 bridgehead atoms. The SMILES string of the molecule is COC(c1cc(C(=O)OC(C)(C)C)cc(C(=O)OC(C)(C)C)c1)N(CCC(=O)On1c(O)ccc1O)C(=O)CCCCCCCCCCCCCCC(=O)O. The monoisotopic (exact) mass is 774 g/mol. The van der Waals surface area contributed by atoms with Crippen LogP contribution in [0.1, 0.15) is 170 Å². The first kappa shape index (κ1) is 46.6. The molecule has 0 fully saturated rings. The molecule has 0 saturated heterocycles. The topological polar surface area (TPSA) is 191 Å². The highest BCUT2D eigenvalue weighted by atomic mass is 16.7. The second-order valence-electron chi connectivity index (χ2n) is 15.7. The summed E-state index contributed by atoms with van der Waals surface area (Å²) in [5.74, 6) is -4.32. The molecule has 2 rings (SSSR count). The maximum atomic E-state index is 13.9. The minimum Gasteiger partial charge on any atom is -0.492 e. The Morgan fingerprint density at radius 3 is 1.47 bits per heavy atom. The number of aromatic hydroxyl groups is 2. The molecule has 0 radical (unpaired) electrons. The third-order valence-corrected chi connectivity index (χ3v) is 8.42. The van der Waals surface area contributed by atoms with Gasteiger partial charge < -0.3 is 39.3 Å². The largest absolute Gasteiger partial charge is 0.492 e. The number of aliphatic carboxylic acids is 1. The molecule has 1 unspecified atom stereocenters. The first-order valence-electron chi connectivity index (χ1n) is 19.3. The van der Waals surface area contributed by atoms with Crippen LogP contribution in [0.25, 0.3) is 0 Å². The smallest absolute Gasteiger partial charge is 0.338 e. The minimum absolute atomic E-state index is 0.0384. The average Bonchev–Trinajstić information content (AvgIpc) is 3.40. The maximum absolute atomic E-state index is 13.9. The second kappa shape index (κ2) is 22.7. The zero-order valence-corrected chi connectivity index (χ0v) is 33.7. The van der Waals surface area contributed by atoms with Crippen LogP contribution in [0, 0.1) is 0 Å². The molecule has 0 saturated carbocycles. The molecule has 55 heavy (non-hydrogen) atoms. The van der Waals surface area contributed by atoms with E-state index in [1.165, 1.54) is 30.2 Å². The molecule has 14 nitrogen and oxygen atoms in total. The van der Waals surface area contributed by atoms with Crippen molar-refractivity contribution in [2.45, 2.75) is 155 Å². The van der Waals surface area contributed by atoms with Crippen molar-refractivity contribution < 1.29 is 58.3 Å². The van der Waals surface area contributed by atoms with Gasteiger partial charge in [0.15, 0.2) is 6.23 Å². The number of nitrogens with zero attached hydrogens (tertiary/aromatic N) is 2. The van der Waals surface area contributed by atoms with Crippen molar-refractivity contribution in [3.05, 3.63) is 47.0 Å². The van der Waals surface area contributed by atoms with E-state index in [9.17, 15) is 34.2 Å². The number of aromatic nitrogens is 1. The Hall–Kier alpha value is -4.59. The molecule has 308 valence electrons. The van der Waals surface area contributed by atoms with Gasteiger partial charge in [0.1, 0.15) is 11.2 Å². The van der Waals surface area contributed by atoms with E-state index in [-0.39, 0.29) is 48.4 Å². The Morgan fingerprint density at radius 1 is 0.655 bits per heavy atom. The molecule has 1 amide bonds. The molecule has 1 aromatic heterocycles. The van der Waals surface area contributed by atoms with Gasteiger partial charge in [-0.2, -0.15) is 0 Å². The first-order valence-corrected chi connectivity index (χ1v) is 19.3. The third-order valence-electron chi connectivity index (χ3n) is 8.42. The summed E-state index contributed by atoms with van der Waals surface area (Å²) in [7, 11) is 1.37. The molecule has 0 aliphatic carbocycles. The number of methoxy groups -OCH3 is 1. The molecule has 14 heteroatoms. The number of esters is 2. The van der Waals surface area contributed by atoms with Crippen LogP contribution >= 0.6 is 0 Å². The predicted octanol–water partition coefficient (Wildman–Crippen LogP) is 7.88. The van der Waals surface area contributed by atoms with Crippen LogP contribution in [0.5, 0.6) is 11.8 Å². The lowest BCUT2D eigenvalue weighted by atomic mass is 10.0. The van der Waals surface area contributed by atoms with Gasteiger partial charge in [-0.3, -0.25) is 9.59 Å². The number of hydrogen-bond acceptors (Lipinski definition) is 11. The van der Waals surface area contributed by atoms with E-state index in [1.54, 1.807) is 41.5 Å². The Bertz CT molecular complexity index is 1490. The Kier molecular flexibility index (Phi) is 19.2. The van der Waals surface area contributed by atoms with E-state index in [2.05, 4.69) is 0 Å². The van der Waals surface area contributed by atoms with Gasteiger partial charge in [0, 0.05) is 44.2 Å². The minimum atomic E-state index is -1.14. The van der Waals surface area contributed by atoms with E-state index < -0.39 is 53.1 Å². The molecule has 0 aliphatic heterocycles. The lowest BCUT2D eigenvalue weighted by Gasteiger charge is -2.31. The summed E-state index contributed by atoms with van der Waals surface area (Å²) >= 11 is 0. The third kappa shape index (κ3) is 18.1. The molecule has 0 aliphatic rings. The molecule has 3 N–H and O–H groups in total. The number of hydrogen-bond donors (Lipinski definition) is 3. The van der Waals surface area contributed by atoms with E-state index in [0.717, 1.165) is 82.8 Å². The van der Waals surface area contributed by atoms with Gasteiger partial charge in [-0.1, -0.05) is 64.2 Å². The Labute approximate surface area is 325 Å². The normalized spacial score (nSPS) is 12.2. The van der Waals surface area contributed by atoms with E-state index in [1.807, 2.05) is 0 Å². The summed E-state index contributed by atoms with van der Waals surface area (Å²) < 4.78 is 17.6. The van der Waals surface area contributed by atoms with Crippen LogP contribution in [0.2, 0.25) is 0 Å². The number of benzene rings is 1. The van der Waals surface area contributed by atoms with Crippen molar-refractivity contribution in [1.29, 1.82) is 0 Å². The van der Waals surface area contributed by atoms with E-state index in [0.29, 0.717) is 11.2 Å². The fraction of sp³-hybridized carbons (Fsp3) is 0.634. The van der Waals surface area contributed by atoms with Gasteiger partial charge in [-0.25, -0.2) is 14.4 Å². The highest BCUT2D eigenvalue weighted by Crippen LogP contribution is 2.28. The van der Waals surface area contributed by atoms with Gasteiger partial charge in [0.25, 0.3) is 0 Å². The van der Waals surface area contributed by atoms with Crippen molar-refractivity contribution in [3.8, 4) is 11.8 Å². The predicted molar refractivity (Wildman–Crippen MR) is 204 cm³/mol. The van der Waals surface area contributed by atoms with Crippen LogP contribution < -0.4 is 4.84 Å². The van der Waals surface area contributed by atoms with E-state index >= 15 is 0 Å². The molecule has 2 aromatic rings. The standard InChI is InChI=1S/C41H62N2O12/c1-40(2,3)53-38(50)30-26-29(27-31(28-30)39(51)54-41(4,5)6)37(52-7)42(25-24-36(49)55-43-33(45)22-23-34(43)46)32(44)20-18-16-14-12-10-8-9-11-13-15-17-19-21-35(47)48/h22-23,26-28,37,45-46H,8-21,24-25H2,1-7H3,(H,47,48). The van der Waals surface area contributed by atoms with Crippen LogP contribution in [-0.4, -0.2) is 79.6 Å². The number of ether oxygens (including phenoxy) is 3. The van der Waals surface area contributed by atoms with Crippen molar-refractivity contribution in [2.24, 2.45) is 0 Å². The van der Waals surface area contributed by atoms with Crippen LogP contribution in [-0.2, 0) is 28.6 Å². The zero-order valence-electron chi connectivity index (χ0n) is 33.7. The van der Waals surface area contributed by atoms with E-state index in [4.69, 9.17) is 24.2 Å². The summed E-state index contributed by atoms with van der Waals surface area (Å²) in [5, 5.41) is 28.6. The maximum Gasteiger partial charge on any atom is 0.338 e. The fourth-order valence-electron chi connectivity index (χ4n) is 5.84. The molecule has 1 atom stereocenters. The lowest BCUT2D eigenvalue weighted by Crippen LogP contribution is -2.38. The van der Waals surface area contributed by atoms with Crippen LogP contribution in [0.4, 0.5) is 0 Å². The Morgan fingerprint density at radius 2 is 1.07 bits per heavy atom. The number of amides is 1. The van der Waals surface area contributed by atoms with Crippen molar-refractivity contribution in [1.82, 2.24) is 9.63 Å². The quantitative estimate of drug-likeness (QED) is 0.0532. The van der Waals surface area contributed by atoms with Crippen LogP contribution in [0.15, 0.2) is 30.3 Å². The van der Waals surface area contributed by atoms with Crippen molar-refractivity contribution in [2.75, 3.05) is 13.7 Å². The molecule has 0 spiro atoms. The van der Waals surface area contributed by atoms with Gasteiger partial charge in [-0.05, 0) is 72.6 Å². The number of rotatable bonds is 24. The number of carbonyl (C=O) groups is 5. The first-order chi connectivity index (χ1) is 25.8. The molecular weight excluding hydrogens is 712 g/mol. The van der Waals surface area contributed by atoms with Gasteiger partial charge >= 0.3 is 23.9 Å². The summed E-state index contributed by atoms with van der Waals surface area (Å²) in [5.41, 5.74) is -1.32. The summed E-state index contributed by atoms with van der Waals surface area (Å²) in [6.07, 6.45) is 10.6. The number of carboxylic acids is 1. The highest BCUT2D eigenvalue weighted by Gasteiger charge is 2.30. The van der Waals surface area contributed by atoms with Gasteiger partial charge in [0.2, 0.25) is 17.7 Å². The number of carbonyl (C=O) groups excluding carboxylic acids is 4. The average molecular weight is 775 g/mol. The zero-order chi connectivity index (χ0) is 41.2. The Balaban J connectivity index is 2.18.